The summed E-state index contributed by atoms with van der Waals surface area (Å²) in [6, 6.07) is 8.96. The number of hydrogen-bond acceptors (Lipinski definition) is 3. The standard InChI is InChI=1S/C15H18N2OS/c1-2-4-14-13(3-1)16-11-17(14)12-5-7-18-15(9-12)6-8-19-10-15/h1-4,11-12H,5-10H2. The second kappa shape index (κ2) is 4.53. The zero-order valence-electron chi connectivity index (χ0n) is 10.9. The average Bonchev–Trinajstić information content (AvgIpc) is 3.06. The van der Waals surface area contributed by atoms with Gasteiger partial charge in [-0.3, -0.25) is 0 Å². The van der Waals surface area contributed by atoms with Crippen LogP contribution in [0.3, 0.4) is 0 Å². The Morgan fingerprint density at radius 3 is 3.21 bits per heavy atom. The number of hydrogen-bond donors (Lipinski definition) is 0. The van der Waals surface area contributed by atoms with E-state index >= 15 is 0 Å². The van der Waals surface area contributed by atoms with Gasteiger partial charge in [0.05, 0.1) is 23.0 Å². The van der Waals surface area contributed by atoms with Gasteiger partial charge in [0, 0.05) is 18.4 Å². The Morgan fingerprint density at radius 1 is 1.37 bits per heavy atom. The van der Waals surface area contributed by atoms with Crippen LogP contribution in [0.5, 0.6) is 0 Å². The van der Waals surface area contributed by atoms with Crippen molar-refractivity contribution in [3.63, 3.8) is 0 Å². The first-order valence-corrected chi connectivity index (χ1v) is 8.15. The zero-order valence-corrected chi connectivity index (χ0v) is 11.7. The van der Waals surface area contributed by atoms with Crippen molar-refractivity contribution >= 4 is 22.8 Å². The van der Waals surface area contributed by atoms with Crippen molar-refractivity contribution in [3.8, 4) is 0 Å². The van der Waals surface area contributed by atoms with Crippen LogP contribution in [0.2, 0.25) is 0 Å². The van der Waals surface area contributed by atoms with Crippen LogP contribution in [0.15, 0.2) is 30.6 Å². The number of imidazole rings is 1. The average molecular weight is 274 g/mol. The van der Waals surface area contributed by atoms with Crippen molar-refractivity contribution < 1.29 is 4.74 Å². The first kappa shape index (κ1) is 11.8. The number of ether oxygens (including phenoxy) is 1. The molecule has 1 aromatic carbocycles. The fraction of sp³-hybridized carbons (Fsp3) is 0.533. The van der Waals surface area contributed by atoms with E-state index in [2.05, 4.69) is 33.8 Å². The van der Waals surface area contributed by atoms with Gasteiger partial charge < -0.3 is 9.30 Å². The second-order valence-corrected chi connectivity index (χ2v) is 6.73. The van der Waals surface area contributed by atoms with Crippen LogP contribution in [0.25, 0.3) is 11.0 Å². The third-order valence-electron chi connectivity index (χ3n) is 4.41. The van der Waals surface area contributed by atoms with E-state index in [4.69, 9.17) is 4.74 Å². The maximum absolute atomic E-state index is 6.11. The number of thioether (sulfide) groups is 1. The van der Waals surface area contributed by atoms with Gasteiger partial charge in [0.1, 0.15) is 0 Å². The van der Waals surface area contributed by atoms with Crippen LogP contribution in [0, 0.1) is 0 Å². The number of para-hydroxylation sites is 2. The molecule has 0 saturated carbocycles. The van der Waals surface area contributed by atoms with Gasteiger partial charge >= 0.3 is 0 Å². The van der Waals surface area contributed by atoms with Crippen LogP contribution in [-0.4, -0.2) is 33.3 Å². The third kappa shape index (κ3) is 1.98. The van der Waals surface area contributed by atoms with Crippen LogP contribution in [0.1, 0.15) is 25.3 Å². The summed E-state index contributed by atoms with van der Waals surface area (Å²) in [7, 11) is 0. The van der Waals surface area contributed by atoms with Crippen LogP contribution in [-0.2, 0) is 4.74 Å². The van der Waals surface area contributed by atoms with Crippen molar-refractivity contribution in [1.29, 1.82) is 0 Å². The predicted molar refractivity (Wildman–Crippen MR) is 78.6 cm³/mol. The lowest BCUT2D eigenvalue weighted by atomic mass is 9.89. The molecule has 0 bridgehead atoms. The minimum Gasteiger partial charge on any atom is -0.374 e. The first-order chi connectivity index (χ1) is 9.36. The van der Waals surface area contributed by atoms with Gasteiger partial charge in [-0.2, -0.15) is 11.8 Å². The predicted octanol–water partition coefficient (Wildman–Crippen LogP) is 3.26. The highest BCUT2D eigenvalue weighted by atomic mass is 32.2. The van der Waals surface area contributed by atoms with Gasteiger partial charge in [0.15, 0.2) is 0 Å². The topological polar surface area (TPSA) is 27.1 Å². The molecule has 2 aromatic rings. The highest BCUT2D eigenvalue weighted by Crippen LogP contribution is 2.42. The fourth-order valence-corrected chi connectivity index (χ4v) is 4.75. The first-order valence-electron chi connectivity index (χ1n) is 7.00. The molecule has 2 aliphatic rings. The zero-order chi connectivity index (χ0) is 12.7. The molecular formula is C15H18N2OS. The second-order valence-electron chi connectivity index (χ2n) is 5.62. The van der Waals surface area contributed by atoms with Crippen molar-refractivity contribution in [2.24, 2.45) is 0 Å². The summed E-state index contributed by atoms with van der Waals surface area (Å²) in [5.74, 6) is 2.41. The molecule has 2 fully saturated rings. The van der Waals surface area contributed by atoms with E-state index in [1.165, 1.54) is 17.7 Å². The summed E-state index contributed by atoms with van der Waals surface area (Å²) in [6.07, 6.45) is 5.46. The van der Waals surface area contributed by atoms with E-state index in [-0.39, 0.29) is 5.60 Å². The molecule has 2 saturated heterocycles. The van der Waals surface area contributed by atoms with E-state index < -0.39 is 0 Å². The van der Waals surface area contributed by atoms with Crippen molar-refractivity contribution in [1.82, 2.24) is 9.55 Å². The van der Waals surface area contributed by atoms with Gasteiger partial charge in [-0.15, -0.1) is 0 Å². The van der Waals surface area contributed by atoms with Gasteiger partial charge in [-0.05, 0) is 37.1 Å². The fourth-order valence-electron chi connectivity index (χ4n) is 3.37. The molecule has 4 rings (SSSR count). The molecule has 100 valence electrons. The minimum absolute atomic E-state index is 0.138. The van der Waals surface area contributed by atoms with E-state index in [0.717, 1.165) is 30.7 Å². The molecule has 0 amide bonds. The Morgan fingerprint density at radius 2 is 2.32 bits per heavy atom. The lowest BCUT2D eigenvalue weighted by Crippen LogP contribution is -2.40. The van der Waals surface area contributed by atoms with Crippen LogP contribution >= 0.6 is 11.8 Å². The molecule has 3 nitrogen and oxygen atoms in total. The SMILES string of the molecule is c1ccc2c(c1)ncn2C1CCOC2(CCSC2)C1. The van der Waals surface area contributed by atoms with Crippen molar-refractivity contribution in [2.75, 3.05) is 18.1 Å². The van der Waals surface area contributed by atoms with Gasteiger partial charge in [-0.25, -0.2) is 4.98 Å². The Hall–Kier alpha value is -1.000. The molecule has 4 heteroatoms. The molecule has 3 heterocycles. The molecule has 0 radical (unpaired) electrons. The normalized spacial score (nSPS) is 31.3. The molecule has 2 unspecified atom stereocenters. The lowest BCUT2D eigenvalue weighted by molar-refractivity contribution is -0.0756. The maximum Gasteiger partial charge on any atom is 0.0960 e. The number of aromatic nitrogens is 2. The summed E-state index contributed by atoms with van der Waals surface area (Å²) >= 11 is 2.03. The Balaban J connectivity index is 1.68. The highest BCUT2D eigenvalue weighted by molar-refractivity contribution is 7.99. The molecule has 2 aliphatic heterocycles. The van der Waals surface area contributed by atoms with Crippen molar-refractivity contribution in [2.45, 2.75) is 30.9 Å². The molecule has 1 spiro atoms. The van der Waals surface area contributed by atoms with Crippen LogP contribution < -0.4 is 0 Å². The molecule has 2 atom stereocenters. The van der Waals surface area contributed by atoms with E-state index in [1.807, 2.05) is 18.1 Å². The summed E-state index contributed by atoms with van der Waals surface area (Å²) in [5.41, 5.74) is 2.50. The Labute approximate surface area is 117 Å². The van der Waals surface area contributed by atoms with Gasteiger partial charge in [0.25, 0.3) is 0 Å². The Kier molecular flexibility index (Phi) is 2.81. The van der Waals surface area contributed by atoms with E-state index in [0.29, 0.717) is 6.04 Å². The van der Waals surface area contributed by atoms with Gasteiger partial charge in [-0.1, -0.05) is 12.1 Å². The summed E-state index contributed by atoms with van der Waals surface area (Å²) in [4.78, 5) is 4.53. The maximum atomic E-state index is 6.11. The number of nitrogens with zero attached hydrogens (tertiary/aromatic N) is 2. The van der Waals surface area contributed by atoms with E-state index in [1.54, 1.807) is 0 Å². The lowest BCUT2D eigenvalue weighted by Gasteiger charge is -2.38. The van der Waals surface area contributed by atoms with Crippen LogP contribution in [0.4, 0.5) is 0 Å². The monoisotopic (exact) mass is 274 g/mol. The third-order valence-corrected chi connectivity index (χ3v) is 5.63. The number of rotatable bonds is 1. The van der Waals surface area contributed by atoms with Gasteiger partial charge in [0.2, 0.25) is 0 Å². The minimum atomic E-state index is 0.138. The largest absolute Gasteiger partial charge is 0.374 e. The molecule has 0 N–H and O–H groups in total. The molecule has 19 heavy (non-hydrogen) atoms. The number of benzene rings is 1. The van der Waals surface area contributed by atoms with Crippen molar-refractivity contribution in [3.05, 3.63) is 30.6 Å². The molecular weight excluding hydrogens is 256 g/mol. The molecule has 1 aromatic heterocycles. The quantitative estimate of drug-likeness (QED) is 0.798. The summed E-state index contributed by atoms with van der Waals surface area (Å²) < 4.78 is 8.48. The highest BCUT2D eigenvalue weighted by Gasteiger charge is 2.41. The number of fused-ring (bicyclic) bond motifs is 1. The smallest absolute Gasteiger partial charge is 0.0960 e. The molecule has 0 aliphatic carbocycles. The van der Waals surface area contributed by atoms with E-state index in [9.17, 15) is 0 Å². The summed E-state index contributed by atoms with van der Waals surface area (Å²) in [6.45, 7) is 0.887. The summed E-state index contributed by atoms with van der Waals surface area (Å²) in [5, 5.41) is 0. The Bertz CT molecular complexity index is 589.